The van der Waals surface area contributed by atoms with E-state index in [9.17, 15) is 9.90 Å². The minimum absolute atomic E-state index is 0.0286. The van der Waals surface area contributed by atoms with E-state index in [2.05, 4.69) is 15.0 Å². The topological polar surface area (TPSA) is 122 Å². The van der Waals surface area contributed by atoms with Gasteiger partial charge in [-0.1, -0.05) is 5.11 Å². The summed E-state index contributed by atoms with van der Waals surface area (Å²) in [7, 11) is 0. The van der Waals surface area contributed by atoms with E-state index in [1.807, 2.05) is 0 Å². The van der Waals surface area contributed by atoms with Gasteiger partial charge in [0.2, 0.25) is 0 Å². The Hall–Kier alpha value is -2.09. The van der Waals surface area contributed by atoms with E-state index in [4.69, 9.17) is 15.0 Å². The van der Waals surface area contributed by atoms with Gasteiger partial charge in [-0.05, 0) is 12.5 Å². The third kappa shape index (κ3) is 1.75. The van der Waals surface area contributed by atoms with E-state index in [0.29, 0.717) is 12.0 Å². The third-order valence-corrected chi connectivity index (χ3v) is 3.71. The number of azide groups is 1. The van der Waals surface area contributed by atoms with Crippen molar-refractivity contribution in [3.05, 3.63) is 32.6 Å². The molecule has 0 aromatic carbocycles. The Morgan fingerprint density at radius 2 is 2.55 bits per heavy atom. The molecule has 9 nitrogen and oxygen atoms in total. The summed E-state index contributed by atoms with van der Waals surface area (Å²) in [5, 5.41) is 13.3. The quantitative estimate of drug-likeness (QED) is 0.473. The van der Waals surface area contributed by atoms with Crippen LogP contribution in [0.25, 0.3) is 10.4 Å². The first-order valence-corrected chi connectivity index (χ1v) is 6.15. The van der Waals surface area contributed by atoms with Gasteiger partial charge < -0.3 is 14.6 Å². The molecule has 0 aliphatic carbocycles. The summed E-state index contributed by atoms with van der Waals surface area (Å²) < 4.78 is 12.9. The Kier molecular flexibility index (Phi) is 2.89. The number of aromatic nitrogens is 2. The van der Waals surface area contributed by atoms with Crippen molar-refractivity contribution in [2.75, 3.05) is 13.2 Å². The Labute approximate surface area is 113 Å². The number of fused-ring (bicyclic) bond motifs is 4. The molecule has 1 unspecified atom stereocenters. The average molecular weight is 279 g/mol. The second-order valence-corrected chi connectivity index (χ2v) is 4.96. The zero-order chi connectivity index (χ0) is 14.3. The lowest BCUT2D eigenvalue weighted by molar-refractivity contribution is -0.105. The van der Waals surface area contributed by atoms with Crippen molar-refractivity contribution in [1.82, 2.24) is 9.55 Å². The molecule has 3 heterocycles. The molecule has 2 aliphatic rings. The van der Waals surface area contributed by atoms with Crippen molar-refractivity contribution in [2.24, 2.45) is 5.11 Å². The van der Waals surface area contributed by atoms with Crippen LogP contribution in [-0.2, 0) is 4.74 Å². The maximum absolute atomic E-state index is 11.6. The molecule has 0 saturated carbocycles. The van der Waals surface area contributed by atoms with Crippen molar-refractivity contribution >= 4 is 0 Å². The van der Waals surface area contributed by atoms with Crippen LogP contribution < -0.4 is 10.3 Å². The Morgan fingerprint density at radius 3 is 3.25 bits per heavy atom. The number of ether oxygens (including phenoxy) is 2. The van der Waals surface area contributed by atoms with Crippen LogP contribution in [0.5, 0.6) is 6.01 Å². The fraction of sp³-hybridized carbons (Fsp3) is 0.636. The monoisotopic (exact) mass is 279 g/mol. The summed E-state index contributed by atoms with van der Waals surface area (Å²) in [5.41, 5.74) is 7.63. The number of aliphatic hydroxyl groups is 1. The average Bonchev–Trinajstić information content (AvgIpc) is 2.71. The fourth-order valence-electron chi connectivity index (χ4n) is 2.56. The van der Waals surface area contributed by atoms with Gasteiger partial charge in [0.05, 0.1) is 12.6 Å². The molecule has 1 fully saturated rings. The zero-order valence-electron chi connectivity index (χ0n) is 10.8. The lowest BCUT2D eigenvalue weighted by atomic mass is 9.96. The zero-order valence-corrected chi connectivity index (χ0v) is 10.8. The standard InChI is InChI=1S/C11H13N5O4/c1-6-3-16-8-2-7(14-15-12)11(4-17,20-8)5-19-10(16)13-9(6)18/h3,7-8,17H,2,4-5H2,1H3/t7?,8-,11-/m1/s1. The number of hydrogen-bond donors (Lipinski definition) is 1. The van der Waals surface area contributed by atoms with Gasteiger partial charge in [-0.3, -0.25) is 9.36 Å². The van der Waals surface area contributed by atoms with Crippen LogP contribution in [0.1, 0.15) is 18.2 Å². The number of rotatable bonds is 2. The molecule has 1 aromatic heterocycles. The molecular formula is C11H13N5O4. The Bertz CT molecular complexity index is 653. The van der Waals surface area contributed by atoms with Crippen LogP contribution in [0.4, 0.5) is 0 Å². The molecule has 0 amide bonds. The molecule has 0 radical (unpaired) electrons. The number of nitrogens with zero attached hydrogens (tertiary/aromatic N) is 5. The van der Waals surface area contributed by atoms with Crippen LogP contribution in [0.15, 0.2) is 16.1 Å². The van der Waals surface area contributed by atoms with E-state index in [-0.39, 0.29) is 24.8 Å². The van der Waals surface area contributed by atoms with Gasteiger partial charge in [-0.25, -0.2) is 0 Å². The van der Waals surface area contributed by atoms with Gasteiger partial charge in [-0.2, -0.15) is 4.98 Å². The SMILES string of the molecule is Cc1cn2c(nc1=O)OC[C@@]1(CO)O[C@@H]2CC1N=[N+]=[N-]. The van der Waals surface area contributed by atoms with E-state index in [0.717, 1.165) is 0 Å². The largest absolute Gasteiger partial charge is 0.461 e. The summed E-state index contributed by atoms with van der Waals surface area (Å²) in [6.07, 6.45) is 1.51. The Balaban J connectivity index is 2.08. The van der Waals surface area contributed by atoms with Gasteiger partial charge >= 0.3 is 6.01 Å². The number of aliphatic hydroxyl groups excluding tert-OH is 1. The molecule has 3 rings (SSSR count). The van der Waals surface area contributed by atoms with Crippen LogP contribution in [0, 0.1) is 6.92 Å². The minimum Gasteiger partial charge on any atom is -0.461 e. The van der Waals surface area contributed by atoms with Gasteiger partial charge in [0.1, 0.15) is 18.4 Å². The summed E-state index contributed by atoms with van der Waals surface area (Å²) in [4.78, 5) is 18.2. The maximum atomic E-state index is 11.6. The lowest BCUT2D eigenvalue weighted by Gasteiger charge is -2.28. The molecule has 1 N–H and O–H groups in total. The highest BCUT2D eigenvalue weighted by Crippen LogP contribution is 2.42. The Morgan fingerprint density at radius 1 is 1.75 bits per heavy atom. The molecule has 1 aromatic rings. The van der Waals surface area contributed by atoms with E-state index >= 15 is 0 Å². The van der Waals surface area contributed by atoms with Crippen LogP contribution in [-0.4, -0.2) is 39.5 Å². The molecule has 3 atom stereocenters. The smallest absolute Gasteiger partial charge is 0.301 e. The molecule has 9 heteroatoms. The second kappa shape index (κ2) is 4.48. The molecule has 1 saturated heterocycles. The fourth-order valence-corrected chi connectivity index (χ4v) is 2.56. The first kappa shape index (κ1) is 12.9. The first-order chi connectivity index (χ1) is 9.59. The number of aryl methyl sites for hydroxylation is 1. The van der Waals surface area contributed by atoms with E-state index < -0.39 is 17.9 Å². The van der Waals surface area contributed by atoms with Gasteiger partial charge in [0, 0.05) is 23.1 Å². The molecule has 20 heavy (non-hydrogen) atoms. The predicted molar refractivity (Wildman–Crippen MR) is 66.2 cm³/mol. The van der Waals surface area contributed by atoms with E-state index in [1.54, 1.807) is 17.7 Å². The van der Waals surface area contributed by atoms with Crippen LogP contribution >= 0.6 is 0 Å². The minimum atomic E-state index is -1.10. The molecule has 2 bridgehead atoms. The molecular weight excluding hydrogens is 266 g/mol. The van der Waals surface area contributed by atoms with Gasteiger partial charge in [0.15, 0.2) is 0 Å². The predicted octanol–water partition coefficient (Wildman–Crippen LogP) is 0.273. The summed E-state index contributed by atoms with van der Waals surface area (Å²) >= 11 is 0. The van der Waals surface area contributed by atoms with Gasteiger partial charge in [-0.15, -0.1) is 0 Å². The van der Waals surface area contributed by atoms with Crippen molar-refractivity contribution in [2.45, 2.75) is 31.2 Å². The van der Waals surface area contributed by atoms with Crippen molar-refractivity contribution in [3.63, 3.8) is 0 Å². The molecule has 106 valence electrons. The lowest BCUT2D eigenvalue weighted by Crippen LogP contribution is -2.47. The van der Waals surface area contributed by atoms with Crippen LogP contribution in [0.3, 0.4) is 0 Å². The highest BCUT2D eigenvalue weighted by Gasteiger charge is 2.51. The van der Waals surface area contributed by atoms with Crippen molar-refractivity contribution in [1.29, 1.82) is 0 Å². The summed E-state index contributed by atoms with van der Waals surface area (Å²) in [6.45, 7) is 1.27. The third-order valence-electron chi connectivity index (χ3n) is 3.71. The summed E-state index contributed by atoms with van der Waals surface area (Å²) in [5.74, 6) is 0. The molecule has 0 spiro atoms. The highest BCUT2D eigenvalue weighted by molar-refractivity contribution is 5.14. The number of hydrogen-bond acceptors (Lipinski definition) is 6. The second-order valence-electron chi connectivity index (χ2n) is 4.96. The highest BCUT2D eigenvalue weighted by atomic mass is 16.6. The van der Waals surface area contributed by atoms with Crippen molar-refractivity contribution < 1.29 is 14.6 Å². The maximum Gasteiger partial charge on any atom is 0.301 e. The van der Waals surface area contributed by atoms with E-state index in [1.165, 1.54) is 0 Å². The molecule has 2 aliphatic heterocycles. The van der Waals surface area contributed by atoms with Crippen molar-refractivity contribution in [3.8, 4) is 6.01 Å². The van der Waals surface area contributed by atoms with Crippen LogP contribution in [0.2, 0.25) is 0 Å². The summed E-state index contributed by atoms with van der Waals surface area (Å²) in [6, 6.07) is -0.379. The normalized spacial score (nSPS) is 30.9. The first-order valence-electron chi connectivity index (χ1n) is 6.15. The van der Waals surface area contributed by atoms with Gasteiger partial charge in [0.25, 0.3) is 5.56 Å².